The van der Waals surface area contributed by atoms with Gasteiger partial charge in [-0.3, -0.25) is 0 Å². The lowest BCUT2D eigenvalue weighted by Crippen LogP contribution is -2.24. The molecule has 2 rings (SSSR count). The quantitative estimate of drug-likeness (QED) is 0.695. The molecule has 2 heterocycles. The maximum atomic E-state index is 5.90. The van der Waals surface area contributed by atoms with E-state index in [2.05, 4.69) is 11.9 Å². The first-order chi connectivity index (χ1) is 6.63. The van der Waals surface area contributed by atoms with E-state index in [9.17, 15) is 0 Å². The third-order valence-electron chi connectivity index (χ3n) is 2.89. The lowest BCUT2D eigenvalue weighted by Gasteiger charge is -2.24. The molecule has 0 spiro atoms. The molecule has 1 fully saturated rings. The summed E-state index contributed by atoms with van der Waals surface area (Å²) in [4.78, 5) is 3.95. The number of nitrogen functional groups attached to an aromatic ring is 2. The summed E-state index contributed by atoms with van der Waals surface area (Å²) in [6.07, 6.45) is 2.69. The highest BCUT2D eigenvalue weighted by Crippen LogP contribution is 2.36. The van der Waals surface area contributed by atoms with Crippen LogP contribution in [0.5, 0.6) is 0 Å². The summed E-state index contributed by atoms with van der Waals surface area (Å²) in [5.74, 6) is 0.413. The Bertz CT molecular complexity index is 345. The van der Waals surface area contributed by atoms with Crippen LogP contribution in [0.4, 0.5) is 11.5 Å². The van der Waals surface area contributed by atoms with Crippen LogP contribution in [-0.2, 0) is 10.2 Å². The van der Waals surface area contributed by atoms with Crippen LogP contribution in [0.2, 0.25) is 0 Å². The Morgan fingerprint density at radius 3 is 2.93 bits per heavy atom. The van der Waals surface area contributed by atoms with Gasteiger partial charge in [0, 0.05) is 18.2 Å². The van der Waals surface area contributed by atoms with E-state index in [0.717, 1.165) is 18.6 Å². The number of nitrogens with two attached hydrogens (primary N) is 2. The highest BCUT2D eigenvalue weighted by Gasteiger charge is 2.33. The predicted octanol–water partition coefficient (Wildman–Crippen LogP) is 0.924. The van der Waals surface area contributed by atoms with E-state index in [-0.39, 0.29) is 5.41 Å². The number of ether oxygens (including phenoxy) is 1. The first-order valence-electron chi connectivity index (χ1n) is 4.72. The van der Waals surface area contributed by atoms with Crippen LogP contribution in [0.1, 0.15) is 18.9 Å². The number of pyridine rings is 1. The van der Waals surface area contributed by atoms with E-state index < -0.39 is 0 Å². The standard InChI is InChI=1S/C10H15N3O/c1-10(3-5-14-6-10)7-2-4-13-9(12)8(7)11/h2,4H,3,5-6,11H2,1H3,(H2,12,13). The van der Waals surface area contributed by atoms with Gasteiger partial charge < -0.3 is 16.2 Å². The van der Waals surface area contributed by atoms with Gasteiger partial charge in [0.15, 0.2) is 0 Å². The highest BCUT2D eigenvalue weighted by atomic mass is 16.5. The molecule has 1 aromatic rings. The fraction of sp³-hybridized carbons (Fsp3) is 0.500. The number of anilines is 2. The molecule has 1 aliphatic rings. The van der Waals surface area contributed by atoms with Gasteiger partial charge in [0.05, 0.1) is 12.3 Å². The van der Waals surface area contributed by atoms with Gasteiger partial charge in [-0.15, -0.1) is 0 Å². The molecule has 4 nitrogen and oxygen atoms in total. The molecule has 0 saturated carbocycles. The summed E-state index contributed by atoms with van der Waals surface area (Å²) in [5, 5.41) is 0. The number of hydrogen-bond acceptors (Lipinski definition) is 4. The second kappa shape index (κ2) is 3.13. The van der Waals surface area contributed by atoms with Crippen molar-refractivity contribution < 1.29 is 4.74 Å². The van der Waals surface area contributed by atoms with E-state index in [1.165, 1.54) is 0 Å². The molecule has 4 heteroatoms. The number of rotatable bonds is 1. The lowest BCUT2D eigenvalue weighted by molar-refractivity contribution is 0.181. The zero-order valence-corrected chi connectivity index (χ0v) is 8.29. The Kier molecular flexibility index (Phi) is 2.07. The fourth-order valence-electron chi connectivity index (χ4n) is 1.90. The largest absolute Gasteiger partial charge is 0.396 e. The van der Waals surface area contributed by atoms with Crippen molar-refractivity contribution in [3.63, 3.8) is 0 Å². The summed E-state index contributed by atoms with van der Waals surface area (Å²) < 4.78 is 5.39. The smallest absolute Gasteiger partial charge is 0.146 e. The molecule has 4 N–H and O–H groups in total. The van der Waals surface area contributed by atoms with E-state index in [4.69, 9.17) is 16.2 Å². The van der Waals surface area contributed by atoms with Crippen molar-refractivity contribution >= 4 is 11.5 Å². The van der Waals surface area contributed by atoms with Gasteiger partial charge in [0.1, 0.15) is 5.82 Å². The Morgan fingerprint density at radius 2 is 2.29 bits per heavy atom. The maximum absolute atomic E-state index is 5.90. The third-order valence-corrected chi connectivity index (χ3v) is 2.89. The van der Waals surface area contributed by atoms with E-state index in [1.54, 1.807) is 6.20 Å². The Labute approximate surface area is 83.3 Å². The van der Waals surface area contributed by atoms with Crippen LogP contribution in [-0.4, -0.2) is 18.2 Å². The van der Waals surface area contributed by atoms with Crippen molar-refractivity contribution in [2.45, 2.75) is 18.8 Å². The molecule has 76 valence electrons. The molecule has 1 aliphatic heterocycles. The average molecular weight is 193 g/mol. The summed E-state index contributed by atoms with van der Waals surface area (Å²) in [5.41, 5.74) is 13.2. The third kappa shape index (κ3) is 1.32. The van der Waals surface area contributed by atoms with Crippen molar-refractivity contribution in [3.05, 3.63) is 17.8 Å². The van der Waals surface area contributed by atoms with Gasteiger partial charge in [0.25, 0.3) is 0 Å². The molecule has 14 heavy (non-hydrogen) atoms. The molecule has 1 aromatic heterocycles. The normalized spacial score (nSPS) is 26.6. The minimum Gasteiger partial charge on any atom is -0.396 e. The second-order valence-corrected chi connectivity index (χ2v) is 4.02. The summed E-state index contributed by atoms with van der Waals surface area (Å²) in [6.45, 7) is 3.64. The monoisotopic (exact) mass is 193 g/mol. The van der Waals surface area contributed by atoms with Crippen LogP contribution >= 0.6 is 0 Å². The predicted molar refractivity (Wildman–Crippen MR) is 55.8 cm³/mol. The molecule has 0 radical (unpaired) electrons. The van der Waals surface area contributed by atoms with Crippen LogP contribution in [0.25, 0.3) is 0 Å². The zero-order valence-electron chi connectivity index (χ0n) is 8.29. The lowest BCUT2D eigenvalue weighted by atomic mass is 9.81. The molecular formula is C10H15N3O. The number of hydrogen-bond donors (Lipinski definition) is 2. The number of aromatic nitrogens is 1. The summed E-state index contributed by atoms with van der Waals surface area (Å²) in [7, 11) is 0. The highest BCUT2D eigenvalue weighted by molar-refractivity contribution is 5.64. The summed E-state index contributed by atoms with van der Waals surface area (Å²) >= 11 is 0. The average Bonchev–Trinajstić information content (AvgIpc) is 2.58. The van der Waals surface area contributed by atoms with Crippen molar-refractivity contribution in [2.75, 3.05) is 24.7 Å². The Balaban J connectivity index is 2.45. The molecule has 0 aliphatic carbocycles. The minimum absolute atomic E-state index is 0.00113. The van der Waals surface area contributed by atoms with Crippen molar-refractivity contribution in [1.82, 2.24) is 4.98 Å². The van der Waals surface area contributed by atoms with Crippen LogP contribution in [0.3, 0.4) is 0 Å². The van der Waals surface area contributed by atoms with Gasteiger partial charge >= 0.3 is 0 Å². The summed E-state index contributed by atoms with van der Waals surface area (Å²) in [6, 6.07) is 1.93. The second-order valence-electron chi connectivity index (χ2n) is 4.02. The molecule has 1 unspecified atom stereocenters. The molecule has 0 amide bonds. The molecule has 1 atom stereocenters. The van der Waals surface area contributed by atoms with Crippen LogP contribution in [0, 0.1) is 0 Å². The SMILES string of the molecule is CC1(c2ccnc(N)c2N)CCOC1. The van der Waals surface area contributed by atoms with Crippen molar-refractivity contribution in [1.29, 1.82) is 0 Å². The molecule has 0 aromatic carbocycles. The van der Waals surface area contributed by atoms with Crippen molar-refractivity contribution in [2.24, 2.45) is 0 Å². The maximum Gasteiger partial charge on any atom is 0.146 e. The van der Waals surface area contributed by atoms with E-state index in [1.807, 2.05) is 6.07 Å². The van der Waals surface area contributed by atoms with Gasteiger partial charge in [-0.1, -0.05) is 6.92 Å². The van der Waals surface area contributed by atoms with Gasteiger partial charge in [-0.25, -0.2) is 4.98 Å². The van der Waals surface area contributed by atoms with E-state index >= 15 is 0 Å². The Hall–Kier alpha value is -1.29. The van der Waals surface area contributed by atoms with Gasteiger partial charge in [-0.2, -0.15) is 0 Å². The first kappa shape index (κ1) is 9.27. The van der Waals surface area contributed by atoms with Crippen molar-refractivity contribution in [3.8, 4) is 0 Å². The van der Waals surface area contributed by atoms with Gasteiger partial charge in [0.2, 0.25) is 0 Å². The first-order valence-corrected chi connectivity index (χ1v) is 4.72. The zero-order chi connectivity index (χ0) is 10.2. The molecular weight excluding hydrogens is 178 g/mol. The van der Waals surface area contributed by atoms with E-state index in [0.29, 0.717) is 18.1 Å². The number of nitrogens with zero attached hydrogens (tertiary/aromatic N) is 1. The molecule has 0 bridgehead atoms. The minimum atomic E-state index is 0.00113. The topological polar surface area (TPSA) is 74.2 Å². The Morgan fingerprint density at radius 1 is 1.50 bits per heavy atom. The van der Waals surface area contributed by atoms with Gasteiger partial charge in [-0.05, 0) is 18.1 Å². The van der Waals surface area contributed by atoms with Crippen LogP contribution in [0.15, 0.2) is 12.3 Å². The molecule has 1 saturated heterocycles. The van der Waals surface area contributed by atoms with Crippen LogP contribution < -0.4 is 11.5 Å². The fourth-order valence-corrected chi connectivity index (χ4v) is 1.90.